The van der Waals surface area contributed by atoms with Crippen molar-refractivity contribution in [1.29, 1.82) is 0 Å². The predicted molar refractivity (Wildman–Crippen MR) is 74.2 cm³/mol. The highest BCUT2D eigenvalue weighted by molar-refractivity contribution is 5.37. The van der Waals surface area contributed by atoms with Gasteiger partial charge >= 0.3 is 0 Å². The topological polar surface area (TPSA) is 25.4 Å². The van der Waals surface area contributed by atoms with Crippen molar-refractivity contribution in [3.8, 4) is 5.75 Å². The van der Waals surface area contributed by atoms with Gasteiger partial charge in [-0.15, -0.1) is 0 Å². The van der Waals surface area contributed by atoms with E-state index < -0.39 is 0 Å². The van der Waals surface area contributed by atoms with Crippen LogP contribution in [0.3, 0.4) is 0 Å². The van der Waals surface area contributed by atoms with Crippen LogP contribution in [-0.4, -0.2) is 25.2 Å². The highest BCUT2D eigenvalue weighted by atomic mass is 16.5. The minimum atomic E-state index is 0.649. The molecule has 0 radical (unpaired) electrons. The molecule has 1 aromatic heterocycles. The average Bonchev–Trinajstić information content (AvgIpc) is 2.40. The molecule has 3 nitrogen and oxygen atoms in total. The van der Waals surface area contributed by atoms with Crippen molar-refractivity contribution in [2.75, 3.05) is 25.1 Å². The molecule has 0 fully saturated rings. The number of nitrogens with zero attached hydrogens (tertiary/aromatic N) is 2. The summed E-state index contributed by atoms with van der Waals surface area (Å²) in [5.41, 5.74) is 1.03. The summed E-state index contributed by atoms with van der Waals surface area (Å²) in [6.07, 6.45) is 0. The first kappa shape index (κ1) is 12.4. The molecule has 0 saturated carbocycles. The van der Waals surface area contributed by atoms with E-state index in [0.29, 0.717) is 6.61 Å². The van der Waals surface area contributed by atoms with Crippen molar-refractivity contribution in [2.45, 2.75) is 6.92 Å². The second kappa shape index (κ2) is 6.05. The molecule has 18 heavy (non-hydrogen) atoms. The Morgan fingerprint density at radius 2 is 1.83 bits per heavy atom. The van der Waals surface area contributed by atoms with Crippen molar-refractivity contribution in [2.24, 2.45) is 0 Å². The number of hydrogen-bond acceptors (Lipinski definition) is 3. The molecule has 0 bridgehead atoms. The van der Waals surface area contributed by atoms with Gasteiger partial charge in [-0.3, -0.25) is 0 Å². The first-order chi connectivity index (χ1) is 8.75. The fourth-order valence-electron chi connectivity index (χ4n) is 1.67. The Kier molecular flexibility index (Phi) is 4.18. The molecule has 0 atom stereocenters. The molecule has 2 rings (SSSR count). The third-order valence-electron chi connectivity index (χ3n) is 2.70. The van der Waals surface area contributed by atoms with E-state index in [9.17, 15) is 0 Å². The summed E-state index contributed by atoms with van der Waals surface area (Å²) in [4.78, 5) is 6.56. The number of para-hydroxylation sites is 1. The smallest absolute Gasteiger partial charge is 0.128 e. The van der Waals surface area contributed by atoms with E-state index in [0.717, 1.165) is 23.8 Å². The standard InChI is InChI=1S/C15H18N2O/c1-13-7-6-10-15(16-13)17(2)11-12-18-14-8-4-3-5-9-14/h3-10H,11-12H2,1-2H3. The normalized spacial score (nSPS) is 10.1. The molecule has 1 aromatic carbocycles. The minimum Gasteiger partial charge on any atom is -0.492 e. The van der Waals surface area contributed by atoms with Crippen LogP contribution in [0.2, 0.25) is 0 Å². The van der Waals surface area contributed by atoms with Crippen LogP contribution >= 0.6 is 0 Å². The number of aromatic nitrogens is 1. The Balaban J connectivity index is 1.83. The molecule has 0 N–H and O–H groups in total. The lowest BCUT2D eigenvalue weighted by Gasteiger charge is -2.18. The summed E-state index contributed by atoms with van der Waals surface area (Å²) in [6, 6.07) is 15.9. The van der Waals surface area contributed by atoms with Crippen LogP contribution in [0.15, 0.2) is 48.5 Å². The van der Waals surface area contributed by atoms with Crippen LogP contribution in [0.1, 0.15) is 5.69 Å². The van der Waals surface area contributed by atoms with E-state index in [-0.39, 0.29) is 0 Å². The second-order valence-corrected chi connectivity index (χ2v) is 4.22. The number of ether oxygens (including phenoxy) is 1. The van der Waals surface area contributed by atoms with Gasteiger partial charge in [-0.25, -0.2) is 4.98 Å². The molecule has 0 spiro atoms. The van der Waals surface area contributed by atoms with Crippen molar-refractivity contribution in [1.82, 2.24) is 4.98 Å². The van der Waals surface area contributed by atoms with Gasteiger partial charge in [0.05, 0.1) is 6.54 Å². The Morgan fingerprint density at radius 3 is 2.56 bits per heavy atom. The van der Waals surface area contributed by atoms with Gasteiger partial charge in [-0.1, -0.05) is 24.3 Å². The Morgan fingerprint density at radius 1 is 1.06 bits per heavy atom. The molecule has 3 heteroatoms. The van der Waals surface area contributed by atoms with Crippen LogP contribution in [-0.2, 0) is 0 Å². The van der Waals surface area contributed by atoms with Crippen molar-refractivity contribution in [3.05, 3.63) is 54.2 Å². The number of likely N-dealkylation sites (N-methyl/N-ethyl adjacent to an activating group) is 1. The van der Waals surface area contributed by atoms with Gasteiger partial charge in [-0.2, -0.15) is 0 Å². The second-order valence-electron chi connectivity index (χ2n) is 4.22. The molecule has 0 aliphatic carbocycles. The fourth-order valence-corrected chi connectivity index (χ4v) is 1.67. The highest BCUT2D eigenvalue weighted by Gasteiger charge is 2.02. The molecule has 1 heterocycles. The maximum absolute atomic E-state index is 5.66. The Bertz CT molecular complexity index is 485. The summed E-state index contributed by atoms with van der Waals surface area (Å²) < 4.78 is 5.66. The van der Waals surface area contributed by atoms with E-state index in [1.54, 1.807) is 0 Å². The highest BCUT2D eigenvalue weighted by Crippen LogP contribution is 2.10. The van der Waals surface area contributed by atoms with E-state index in [4.69, 9.17) is 4.74 Å². The van der Waals surface area contributed by atoms with E-state index >= 15 is 0 Å². The van der Waals surface area contributed by atoms with E-state index in [2.05, 4.69) is 9.88 Å². The average molecular weight is 242 g/mol. The number of aryl methyl sites for hydroxylation is 1. The molecular formula is C15H18N2O. The zero-order valence-electron chi connectivity index (χ0n) is 10.8. The number of hydrogen-bond donors (Lipinski definition) is 0. The van der Waals surface area contributed by atoms with Gasteiger partial charge in [0.1, 0.15) is 18.2 Å². The lowest BCUT2D eigenvalue weighted by atomic mass is 10.3. The van der Waals surface area contributed by atoms with Crippen molar-refractivity contribution >= 4 is 5.82 Å². The monoisotopic (exact) mass is 242 g/mol. The summed E-state index contributed by atoms with van der Waals surface area (Å²) in [5.74, 6) is 1.88. The van der Waals surface area contributed by atoms with Crippen molar-refractivity contribution in [3.63, 3.8) is 0 Å². The third-order valence-corrected chi connectivity index (χ3v) is 2.70. The molecule has 0 unspecified atom stereocenters. The molecule has 0 saturated heterocycles. The van der Waals surface area contributed by atoms with Gasteiger partial charge < -0.3 is 9.64 Å². The largest absolute Gasteiger partial charge is 0.492 e. The Hall–Kier alpha value is -2.03. The molecule has 0 aliphatic heterocycles. The number of benzene rings is 1. The number of anilines is 1. The van der Waals surface area contributed by atoms with Crippen LogP contribution in [0, 0.1) is 6.92 Å². The summed E-state index contributed by atoms with van der Waals surface area (Å²) >= 11 is 0. The lowest BCUT2D eigenvalue weighted by molar-refractivity contribution is 0.325. The predicted octanol–water partition coefficient (Wildman–Crippen LogP) is 2.91. The third kappa shape index (κ3) is 3.48. The van der Waals surface area contributed by atoms with E-state index in [1.165, 1.54) is 0 Å². The van der Waals surface area contributed by atoms with Crippen LogP contribution in [0.4, 0.5) is 5.82 Å². The molecule has 0 aliphatic rings. The number of rotatable bonds is 5. The van der Waals surface area contributed by atoms with Gasteiger partial charge in [0.25, 0.3) is 0 Å². The Labute approximate surface area is 108 Å². The van der Waals surface area contributed by atoms with Crippen LogP contribution < -0.4 is 9.64 Å². The van der Waals surface area contributed by atoms with Crippen molar-refractivity contribution < 1.29 is 4.74 Å². The molecular weight excluding hydrogens is 224 g/mol. The lowest BCUT2D eigenvalue weighted by Crippen LogP contribution is -2.24. The van der Waals surface area contributed by atoms with Crippen LogP contribution in [0.5, 0.6) is 5.75 Å². The van der Waals surface area contributed by atoms with E-state index in [1.807, 2.05) is 62.5 Å². The maximum atomic E-state index is 5.66. The number of pyridine rings is 1. The summed E-state index contributed by atoms with van der Waals surface area (Å²) in [6.45, 7) is 3.46. The van der Waals surface area contributed by atoms with Crippen LogP contribution in [0.25, 0.3) is 0 Å². The van der Waals surface area contributed by atoms with Gasteiger partial charge in [0.2, 0.25) is 0 Å². The molecule has 2 aromatic rings. The zero-order chi connectivity index (χ0) is 12.8. The first-order valence-electron chi connectivity index (χ1n) is 6.08. The first-order valence-corrected chi connectivity index (χ1v) is 6.08. The van der Waals surface area contributed by atoms with Gasteiger partial charge in [0.15, 0.2) is 0 Å². The molecule has 94 valence electrons. The maximum Gasteiger partial charge on any atom is 0.128 e. The zero-order valence-corrected chi connectivity index (χ0v) is 10.8. The van der Waals surface area contributed by atoms with Gasteiger partial charge in [-0.05, 0) is 31.2 Å². The quantitative estimate of drug-likeness (QED) is 0.806. The molecule has 0 amide bonds. The minimum absolute atomic E-state index is 0.649. The summed E-state index contributed by atoms with van der Waals surface area (Å²) in [5, 5.41) is 0. The SMILES string of the molecule is Cc1cccc(N(C)CCOc2ccccc2)n1. The fraction of sp³-hybridized carbons (Fsp3) is 0.267. The van der Waals surface area contributed by atoms with Gasteiger partial charge in [0, 0.05) is 12.7 Å². The summed E-state index contributed by atoms with van der Waals surface area (Å²) in [7, 11) is 2.02.